The normalized spacial score (nSPS) is 33.6. The van der Waals surface area contributed by atoms with E-state index in [1.54, 1.807) is 0 Å². The van der Waals surface area contributed by atoms with Gasteiger partial charge in [-0.3, -0.25) is 9.80 Å². The largest absolute Gasteiger partial charge is 0.380 e. The molecule has 3 aliphatic rings. The van der Waals surface area contributed by atoms with E-state index in [1.165, 1.54) is 64.7 Å². The van der Waals surface area contributed by atoms with Gasteiger partial charge in [-0.25, -0.2) is 0 Å². The molecule has 3 fully saturated rings. The Morgan fingerprint density at radius 3 is 2.43 bits per heavy atom. The highest BCUT2D eigenvalue weighted by molar-refractivity contribution is 4.91. The predicted octanol–water partition coefficient (Wildman–Crippen LogP) is 1.70. The Labute approximate surface area is 130 Å². The second kappa shape index (κ2) is 7.91. The fourth-order valence-corrected chi connectivity index (χ4v) is 4.35. The zero-order chi connectivity index (χ0) is 14.5. The molecule has 0 bridgehead atoms. The van der Waals surface area contributed by atoms with Crippen LogP contribution in [0.5, 0.6) is 0 Å². The van der Waals surface area contributed by atoms with Crippen molar-refractivity contribution in [1.82, 2.24) is 15.1 Å². The van der Waals surface area contributed by atoms with Gasteiger partial charge in [-0.1, -0.05) is 19.8 Å². The lowest BCUT2D eigenvalue weighted by molar-refractivity contribution is -0.0247. The van der Waals surface area contributed by atoms with Gasteiger partial charge in [0.05, 0.1) is 6.61 Å². The van der Waals surface area contributed by atoms with Crippen molar-refractivity contribution >= 4 is 0 Å². The van der Waals surface area contributed by atoms with Gasteiger partial charge in [0.1, 0.15) is 0 Å². The van der Waals surface area contributed by atoms with Gasteiger partial charge in [0.2, 0.25) is 0 Å². The monoisotopic (exact) mass is 295 g/mol. The fourth-order valence-electron chi connectivity index (χ4n) is 4.35. The molecule has 2 saturated heterocycles. The molecule has 0 spiro atoms. The van der Waals surface area contributed by atoms with Crippen molar-refractivity contribution in [2.45, 2.75) is 63.6 Å². The van der Waals surface area contributed by atoms with Crippen LogP contribution < -0.4 is 5.32 Å². The Hall–Kier alpha value is -0.160. The molecule has 21 heavy (non-hydrogen) atoms. The van der Waals surface area contributed by atoms with Crippen LogP contribution in [-0.2, 0) is 4.74 Å². The maximum Gasteiger partial charge on any atom is 0.0637 e. The first-order chi connectivity index (χ1) is 10.4. The van der Waals surface area contributed by atoms with Crippen LogP contribution in [0.25, 0.3) is 0 Å². The topological polar surface area (TPSA) is 27.7 Å². The van der Waals surface area contributed by atoms with Crippen LogP contribution in [0, 0.1) is 0 Å². The van der Waals surface area contributed by atoms with E-state index in [4.69, 9.17) is 4.74 Å². The zero-order valence-electron chi connectivity index (χ0n) is 13.7. The molecule has 2 heterocycles. The third kappa shape index (κ3) is 3.98. The molecule has 2 aliphatic heterocycles. The molecule has 4 nitrogen and oxygen atoms in total. The van der Waals surface area contributed by atoms with Crippen LogP contribution >= 0.6 is 0 Å². The molecule has 2 atom stereocenters. The predicted molar refractivity (Wildman–Crippen MR) is 86.7 cm³/mol. The van der Waals surface area contributed by atoms with Crippen LogP contribution in [0.4, 0.5) is 0 Å². The van der Waals surface area contributed by atoms with Crippen molar-refractivity contribution in [2.24, 2.45) is 0 Å². The maximum atomic E-state index is 5.78. The number of piperazine rings is 1. The van der Waals surface area contributed by atoms with Crippen LogP contribution in [-0.4, -0.2) is 73.9 Å². The molecule has 0 amide bonds. The van der Waals surface area contributed by atoms with E-state index in [2.05, 4.69) is 22.0 Å². The smallest absolute Gasteiger partial charge is 0.0637 e. The minimum atomic E-state index is 0.594. The summed E-state index contributed by atoms with van der Waals surface area (Å²) in [6.45, 7) is 10.2. The van der Waals surface area contributed by atoms with Gasteiger partial charge in [0.25, 0.3) is 0 Å². The van der Waals surface area contributed by atoms with E-state index < -0.39 is 0 Å². The molecule has 0 aromatic rings. The number of hydrogen-bond acceptors (Lipinski definition) is 4. The standard InChI is InChI=1S/C17H33N3O/c1-2-8-18-16-7-13-21-14-17(16)20-11-9-19(10-12-20)15-5-3-4-6-15/h15-18H,2-14H2,1H3. The quantitative estimate of drug-likeness (QED) is 0.835. The van der Waals surface area contributed by atoms with Gasteiger partial charge in [-0.2, -0.15) is 0 Å². The van der Waals surface area contributed by atoms with Crippen LogP contribution in [0.3, 0.4) is 0 Å². The summed E-state index contributed by atoms with van der Waals surface area (Å²) in [5.41, 5.74) is 0. The lowest BCUT2D eigenvalue weighted by Gasteiger charge is -2.45. The van der Waals surface area contributed by atoms with Crippen molar-refractivity contribution in [2.75, 3.05) is 45.9 Å². The van der Waals surface area contributed by atoms with Gasteiger partial charge < -0.3 is 10.1 Å². The lowest BCUT2D eigenvalue weighted by atomic mass is 10.0. The van der Waals surface area contributed by atoms with Gasteiger partial charge in [0.15, 0.2) is 0 Å². The summed E-state index contributed by atoms with van der Waals surface area (Å²) in [6.07, 6.45) is 8.17. The summed E-state index contributed by atoms with van der Waals surface area (Å²) in [5.74, 6) is 0. The van der Waals surface area contributed by atoms with Crippen LogP contribution in [0.1, 0.15) is 45.4 Å². The maximum absolute atomic E-state index is 5.78. The van der Waals surface area contributed by atoms with E-state index in [0.717, 1.165) is 25.8 Å². The average Bonchev–Trinajstić information content (AvgIpc) is 3.08. The molecule has 0 aromatic heterocycles. The Kier molecular flexibility index (Phi) is 5.92. The SMILES string of the molecule is CCCNC1CCOCC1N1CCN(C2CCCC2)CC1. The minimum absolute atomic E-state index is 0.594. The van der Waals surface area contributed by atoms with Crippen LogP contribution in [0.2, 0.25) is 0 Å². The highest BCUT2D eigenvalue weighted by Crippen LogP contribution is 2.25. The second-order valence-corrected chi connectivity index (χ2v) is 7.00. The van der Waals surface area contributed by atoms with Crippen molar-refractivity contribution in [1.29, 1.82) is 0 Å². The number of nitrogens with zero attached hydrogens (tertiary/aromatic N) is 2. The number of nitrogens with one attached hydrogen (secondary N) is 1. The Morgan fingerprint density at radius 2 is 1.71 bits per heavy atom. The number of rotatable bonds is 5. The molecule has 0 radical (unpaired) electrons. The van der Waals surface area contributed by atoms with Crippen LogP contribution in [0.15, 0.2) is 0 Å². The molecular formula is C17H33N3O. The zero-order valence-corrected chi connectivity index (χ0v) is 13.7. The molecular weight excluding hydrogens is 262 g/mol. The molecule has 4 heteroatoms. The Balaban J connectivity index is 1.49. The molecule has 1 aliphatic carbocycles. The third-order valence-corrected chi connectivity index (χ3v) is 5.64. The van der Waals surface area contributed by atoms with Gasteiger partial charge in [0, 0.05) is 50.9 Å². The summed E-state index contributed by atoms with van der Waals surface area (Å²) < 4.78 is 5.78. The van der Waals surface area contributed by atoms with E-state index >= 15 is 0 Å². The summed E-state index contributed by atoms with van der Waals surface area (Å²) >= 11 is 0. The first-order valence-corrected chi connectivity index (χ1v) is 9.17. The fraction of sp³-hybridized carbons (Fsp3) is 1.00. The average molecular weight is 295 g/mol. The summed E-state index contributed by atoms with van der Waals surface area (Å²) in [5, 5.41) is 3.75. The van der Waals surface area contributed by atoms with Crippen molar-refractivity contribution in [3.05, 3.63) is 0 Å². The molecule has 2 unspecified atom stereocenters. The third-order valence-electron chi connectivity index (χ3n) is 5.64. The second-order valence-electron chi connectivity index (χ2n) is 7.00. The van der Waals surface area contributed by atoms with Crippen molar-refractivity contribution < 1.29 is 4.74 Å². The molecule has 122 valence electrons. The number of hydrogen-bond donors (Lipinski definition) is 1. The first kappa shape index (κ1) is 15.7. The van der Waals surface area contributed by atoms with E-state index in [9.17, 15) is 0 Å². The molecule has 0 aromatic carbocycles. The van der Waals surface area contributed by atoms with E-state index in [-0.39, 0.29) is 0 Å². The molecule has 3 rings (SSSR count). The number of ether oxygens (including phenoxy) is 1. The van der Waals surface area contributed by atoms with Crippen molar-refractivity contribution in [3.63, 3.8) is 0 Å². The Morgan fingerprint density at radius 1 is 1.00 bits per heavy atom. The lowest BCUT2D eigenvalue weighted by Crippen LogP contribution is -2.60. The first-order valence-electron chi connectivity index (χ1n) is 9.17. The highest BCUT2D eigenvalue weighted by Gasteiger charge is 2.34. The highest BCUT2D eigenvalue weighted by atomic mass is 16.5. The van der Waals surface area contributed by atoms with Gasteiger partial charge in [-0.15, -0.1) is 0 Å². The summed E-state index contributed by atoms with van der Waals surface area (Å²) in [6, 6.07) is 2.12. The Bertz CT molecular complexity index is 298. The summed E-state index contributed by atoms with van der Waals surface area (Å²) in [7, 11) is 0. The molecule has 1 saturated carbocycles. The molecule has 1 N–H and O–H groups in total. The minimum Gasteiger partial charge on any atom is -0.380 e. The van der Waals surface area contributed by atoms with Gasteiger partial charge in [-0.05, 0) is 32.2 Å². The van der Waals surface area contributed by atoms with Crippen molar-refractivity contribution in [3.8, 4) is 0 Å². The summed E-state index contributed by atoms with van der Waals surface area (Å²) in [4.78, 5) is 5.44. The van der Waals surface area contributed by atoms with E-state index in [0.29, 0.717) is 12.1 Å². The van der Waals surface area contributed by atoms with E-state index in [1.807, 2.05) is 0 Å². The van der Waals surface area contributed by atoms with Gasteiger partial charge >= 0.3 is 0 Å².